The van der Waals surface area contributed by atoms with Gasteiger partial charge in [-0.3, -0.25) is 9.69 Å². The van der Waals surface area contributed by atoms with E-state index in [9.17, 15) is 9.59 Å². The van der Waals surface area contributed by atoms with Crippen LogP contribution in [0.2, 0.25) is 0 Å². The Morgan fingerprint density at radius 3 is 2.28 bits per heavy atom. The van der Waals surface area contributed by atoms with Crippen molar-refractivity contribution in [2.24, 2.45) is 5.92 Å². The number of amides is 3. The van der Waals surface area contributed by atoms with Crippen molar-refractivity contribution in [1.82, 2.24) is 10.6 Å². The molecule has 2 N–H and O–H groups in total. The molecule has 0 spiro atoms. The van der Waals surface area contributed by atoms with Crippen LogP contribution in [0.25, 0.3) is 0 Å². The zero-order valence-corrected chi connectivity index (χ0v) is 17.8. The van der Waals surface area contributed by atoms with Crippen LogP contribution in [0.4, 0.5) is 10.5 Å². The summed E-state index contributed by atoms with van der Waals surface area (Å²) in [5.74, 6) is 0.981. The van der Waals surface area contributed by atoms with Crippen LogP contribution in [0.1, 0.15) is 50.9 Å². The zero-order valence-electron chi connectivity index (χ0n) is 17.8. The molecule has 5 heteroatoms. The SMILES string of the molecule is O=C(NCC1CC2c3ccccc3C1c1ccccc12)c1cccc(N2CCNC2=O)c1. The number of urea groups is 1. The monoisotopic (exact) mass is 423 g/mol. The number of nitrogens with one attached hydrogen (secondary N) is 2. The summed E-state index contributed by atoms with van der Waals surface area (Å²) in [6, 6.07) is 24.7. The van der Waals surface area contributed by atoms with Crippen molar-refractivity contribution in [1.29, 1.82) is 0 Å². The molecule has 4 aliphatic rings. The van der Waals surface area contributed by atoms with Crippen LogP contribution < -0.4 is 15.5 Å². The number of hydrogen-bond acceptors (Lipinski definition) is 2. The normalized spacial score (nSPS) is 22.8. The maximum atomic E-state index is 13.0. The second kappa shape index (κ2) is 7.52. The second-order valence-corrected chi connectivity index (χ2v) is 8.93. The lowest BCUT2D eigenvalue weighted by atomic mass is 9.59. The first-order valence-electron chi connectivity index (χ1n) is 11.3. The van der Waals surface area contributed by atoms with Gasteiger partial charge in [-0.15, -0.1) is 0 Å². The molecular weight excluding hydrogens is 398 g/mol. The highest BCUT2D eigenvalue weighted by molar-refractivity contribution is 5.98. The van der Waals surface area contributed by atoms with Crippen molar-refractivity contribution < 1.29 is 9.59 Å². The molecule has 0 saturated carbocycles. The maximum absolute atomic E-state index is 13.0. The number of fused-ring (bicyclic) bond motifs is 1. The Bertz CT molecular complexity index is 1170. The molecule has 0 radical (unpaired) electrons. The van der Waals surface area contributed by atoms with Gasteiger partial charge in [0.25, 0.3) is 5.91 Å². The van der Waals surface area contributed by atoms with E-state index in [0.29, 0.717) is 43.0 Å². The van der Waals surface area contributed by atoms with Crippen molar-refractivity contribution in [3.8, 4) is 0 Å². The first-order chi connectivity index (χ1) is 15.7. The summed E-state index contributed by atoms with van der Waals surface area (Å²) in [7, 11) is 0. The summed E-state index contributed by atoms with van der Waals surface area (Å²) < 4.78 is 0. The van der Waals surface area contributed by atoms with E-state index >= 15 is 0 Å². The molecule has 7 rings (SSSR count). The van der Waals surface area contributed by atoms with Gasteiger partial charge < -0.3 is 10.6 Å². The van der Waals surface area contributed by atoms with Gasteiger partial charge in [-0.05, 0) is 52.8 Å². The number of carbonyl (C=O) groups excluding carboxylic acids is 2. The molecule has 3 aliphatic carbocycles. The minimum absolute atomic E-state index is 0.0885. The lowest BCUT2D eigenvalue weighted by Gasteiger charge is -2.45. The fraction of sp³-hybridized carbons (Fsp3) is 0.259. The van der Waals surface area contributed by atoms with Crippen LogP contribution in [-0.4, -0.2) is 31.6 Å². The van der Waals surface area contributed by atoms with Gasteiger partial charge in [0.2, 0.25) is 0 Å². The van der Waals surface area contributed by atoms with Crippen molar-refractivity contribution in [3.63, 3.8) is 0 Å². The molecule has 1 aliphatic heterocycles. The Balaban J connectivity index is 1.23. The van der Waals surface area contributed by atoms with E-state index in [2.05, 4.69) is 59.2 Å². The van der Waals surface area contributed by atoms with Crippen LogP contribution in [0.3, 0.4) is 0 Å². The molecule has 160 valence electrons. The van der Waals surface area contributed by atoms with Crippen molar-refractivity contribution in [3.05, 3.63) is 101 Å². The quantitative estimate of drug-likeness (QED) is 0.659. The first kappa shape index (κ1) is 19.1. The summed E-state index contributed by atoms with van der Waals surface area (Å²) in [6.07, 6.45) is 1.05. The second-order valence-electron chi connectivity index (χ2n) is 8.93. The van der Waals surface area contributed by atoms with E-state index in [0.717, 1.165) is 12.1 Å². The molecule has 1 atom stereocenters. The third-order valence-electron chi connectivity index (χ3n) is 7.22. The van der Waals surface area contributed by atoms with Gasteiger partial charge in [0.05, 0.1) is 0 Å². The highest BCUT2D eigenvalue weighted by atomic mass is 16.2. The molecule has 32 heavy (non-hydrogen) atoms. The smallest absolute Gasteiger partial charge is 0.321 e. The van der Waals surface area contributed by atoms with Gasteiger partial charge >= 0.3 is 6.03 Å². The maximum Gasteiger partial charge on any atom is 0.321 e. The number of hydrogen-bond donors (Lipinski definition) is 2. The van der Waals surface area contributed by atoms with Crippen LogP contribution in [0.5, 0.6) is 0 Å². The van der Waals surface area contributed by atoms with Crippen LogP contribution >= 0.6 is 0 Å². The Morgan fingerprint density at radius 2 is 1.62 bits per heavy atom. The molecule has 1 fully saturated rings. The third-order valence-corrected chi connectivity index (χ3v) is 7.22. The largest absolute Gasteiger partial charge is 0.352 e. The Hall–Kier alpha value is -3.60. The van der Waals surface area contributed by atoms with Gasteiger partial charge in [0, 0.05) is 42.7 Å². The average molecular weight is 424 g/mol. The highest BCUT2D eigenvalue weighted by Gasteiger charge is 2.42. The number of rotatable bonds is 4. The molecule has 0 aromatic heterocycles. The summed E-state index contributed by atoms with van der Waals surface area (Å²) in [6.45, 7) is 1.88. The fourth-order valence-corrected chi connectivity index (χ4v) is 5.82. The van der Waals surface area contributed by atoms with Gasteiger partial charge in [0.15, 0.2) is 0 Å². The average Bonchev–Trinajstić information content (AvgIpc) is 3.28. The third kappa shape index (κ3) is 3.00. The van der Waals surface area contributed by atoms with E-state index < -0.39 is 0 Å². The van der Waals surface area contributed by atoms with Gasteiger partial charge in [-0.2, -0.15) is 0 Å². The molecule has 5 nitrogen and oxygen atoms in total. The molecule has 1 saturated heterocycles. The van der Waals surface area contributed by atoms with Crippen molar-refractivity contribution in [2.45, 2.75) is 18.3 Å². The van der Waals surface area contributed by atoms with Gasteiger partial charge in [-0.25, -0.2) is 4.79 Å². The number of benzene rings is 3. The van der Waals surface area contributed by atoms with Gasteiger partial charge in [0.1, 0.15) is 0 Å². The zero-order chi connectivity index (χ0) is 21.7. The minimum Gasteiger partial charge on any atom is -0.352 e. The summed E-state index contributed by atoms with van der Waals surface area (Å²) in [5, 5.41) is 5.99. The van der Waals surface area contributed by atoms with E-state index in [1.54, 1.807) is 11.0 Å². The molecule has 3 amide bonds. The van der Waals surface area contributed by atoms with Gasteiger partial charge in [-0.1, -0.05) is 54.6 Å². The lowest BCUT2D eigenvalue weighted by Crippen LogP contribution is -2.39. The van der Waals surface area contributed by atoms with E-state index in [1.807, 2.05) is 18.2 Å². The lowest BCUT2D eigenvalue weighted by molar-refractivity contribution is 0.0943. The summed E-state index contributed by atoms with van der Waals surface area (Å²) >= 11 is 0. The standard InChI is InChI=1S/C27H25N3O2/c31-26(17-6-5-7-19(14-17)30-13-12-28-27(30)32)29-16-18-15-24-20-8-1-3-10-22(20)25(18)23-11-4-2-9-21(23)24/h1-11,14,18,24-25H,12-13,15-16H2,(H,28,32)(H,29,31). The molecular formula is C27H25N3O2. The molecule has 3 aromatic rings. The first-order valence-corrected chi connectivity index (χ1v) is 11.3. The van der Waals surface area contributed by atoms with E-state index in [-0.39, 0.29) is 11.9 Å². The van der Waals surface area contributed by atoms with Crippen LogP contribution in [0, 0.1) is 5.92 Å². The van der Waals surface area contributed by atoms with Crippen LogP contribution in [-0.2, 0) is 0 Å². The summed E-state index contributed by atoms with van der Waals surface area (Å²) in [4.78, 5) is 26.7. The molecule has 1 unspecified atom stereocenters. The number of carbonyl (C=O) groups is 2. The fourth-order valence-electron chi connectivity index (χ4n) is 5.82. The predicted molar refractivity (Wildman–Crippen MR) is 124 cm³/mol. The molecule has 3 aromatic carbocycles. The van der Waals surface area contributed by atoms with Crippen molar-refractivity contribution >= 4 is 17.6 Å². The van der Waals surface area contributed by atoms with E-state index in [4.69, 9.17) is 0 Å². The topological polar surface area (TPSA) is 61.4 Å². The van der Waals surface area contributed by atoms with E-state index in [1.165, 1.54) is 22.3 Å². The van der Waals surface area contributed by atoms with Crippen LogP contribution in [0.15, 0.2) is 72.8 Å². The highest BCUT2D eigenvalue weighted by Crippen LogP contribution is 2.55. The Kier molecular flexibility index (Phi) is 4.49. The van der Waals surface area contributed by atoms with Crippen molar-refractivity contribution in [2.75, 3.05) is 24.5 Å². The Morgan fingerprint density at radius 1 is 0.938 bits per heavy atom. The Labute approximate surface area is 187 Å². The number of anilines is 1. The minimum atomic E-state index is -0.113. The summed E-state index contributed by atoms with van der Waals surface area (Å²) in [5.41, 5.74) is 7.04. The molecule has 2 bridgehead atoms. The molecule has 1 heterocycles. The predicted octanol–water partition coefficient (Wildman–Crippen LogP) is 4.24. The number of nitrogens with zero attached hydrogens (tertiary/aromatic N) is 1.